The minimum atomic E-state index is -3.73. The molecule has 1 unspecified atom stereocenters. The van der Waals surface area contributed by atoms with Gasteiger partial charge in [0.25, 0.3) is 0 Å². The molecule has 1 aliphatic rings. The van der Waals surface area contributed by atoms with E-state index in [-0.39, 0.29) is 10.6 Å². The van der Waals surface area contributed by atoms with Crippen LogP contribution in [0.5, 0.6) is 0 Å². The lowest BCUT2D eigenvalue weighted by Gasteiger charge is -2.37. The number of hydrogen-bond acceptors (Lipinski definition) is 4. The van der Waals surface area contributed by atoms with Crippen LogP contribution in [0.4, 0.5) is 10.1 Å². The van der Waals surface area contributed by atoms with Gasteiger partial charge in [-0.15, -0.1) is 0 Å². The van der Waals surface area contributed by atoms with Crippen molar-refractivity contribution in [2.75, 3.05) is 31.9 Å². The first kappa shape index (κ1) is 16.2. The van der Waals surface area contributed by atoms with E-state index in [0.717, 1.165) is 18.6 Å². The maximum Gasteiger partial charge on any atom is 0.245 e. The molecule has 0 amide bonds. The second-order valence-corrected chi connectivity index (χ2v) is 7.29. The average molecular weight is 315 g/mol. The largest absolute Gasteiger partial charge is 0.398 e. The summed E-state index contributed by atoms with van der Waals surface area (Å²) in [4.78, 5) is 2.13. The van der Waals surface area contributed by atoms with Crippen molar-refractivity contribution in [2.45, 2.75) is 31.2 Å². The molecule has 0 saturated carbocycles. The Kier molecular flexibility index (Phi) is 4.85. The van der Waals surface area contributed by atoms with Crippen LogP contribution >= 0.6 is 0 Å². The van der Waals surface area contributed by atoms with Gasteiger partial charge in [0.1, 0.15) is 10.7 Å². The van der Waals surface area contributed by atoms with Crippen molar-refractivity contribution >= 4 is 15.7 Å². The topological polar surface area (TPSA) is 66.6 Å². The number of anilines is 1. The number of benzene rings is 1. The standard InChI is InChI=1S/C14H22FN3O2S/c1-3-11(2)17-6-8-18(9-7-17)21(19,20)14-10-12(15)4-5-13(14)16/h4-5,10-11H,3,6-9,16H2,1-2H3. The fourth-order valence-electron chi connectivity index (χ4n) is 2.51. The third-order valence-electron chi connectivity index (χ3n) is 4.08. The molecular weight excluding hydrogens is 293 g/mol. The fourth-order valence-corrected chi connectivity index (χ4v) is 4.06. The molecule has 0 spiro atoms. The fraction of sp³-hybridized carbons (Fsp3) is 0.571. The quantitative estimate of drug-likeness (QED) is 0.855. The summed E-state index contributed by atoms with van der Waals surface area (Å²) in [6, 6.07) is 3.88. The number of nitrogens with two attached hydrogens (primary N) is 1. The zero-order chi connectivity index (χ0) is 15.6. The zero-order valence-electron chi connectivity index (χ0n) is 12.4. The second kappa shape index (κ2) is 6.29. The molecule has 5 nitrogen and oxygen atoms in total. The highest BCUT2D eigenvalue weighted by molar-refractivity contribution is 7.89. The predicted molar refractivity (Wildman–Crippen MR) is 80.9 cm³/mol. The van der Waals surface area contributed by atoms with Crippen molar-refractivity contribution in [2.24, 2.45) is 0 Å². The van der Waals surface area contributed by atoms with Crippen LogP contribution in [-0.4, -0.2) is 49.8 Å². The minimum absolute atomic E-state index is 0.0840. The molecular formula is C14H22FN3O2S. The number of hydrogen-bond donors (Lipinski definition) is 1. The van der Waals surface area contributed by atoms with Crippen LogP contribution in [0.3, 0.4) is 0 Å². The highest BCUT2D eigenvalue weighted by Gasteiger charge is 2.31. The number of sulfonamides is 1. The molecule has 0 radical (unpaired) electrons. The molecule has 2 rings (SSSR count). The molecule has 0 aliphatic carbocycles. The van der Waals surface area contributed by atoms with E-state index in [0.29, 0.717) is 32.2 Å². The molecule has 118 valence electrons. The Hall–Kier alpha value is -1.18. The molecule has 0 aromatic heterocycles. The van der Waals surface area contributed by atoms with E-state index < -0.39 is 15.8 Å². The summed E-state index contributed by atoms with van der Waals surface area (Å²) in [5.74, 6) is -0.596. The number of nitrogens with zero attached hydrogens (tertiary/aromatic N) is 2. The number of rotatable bonds is 4. The molecule has 2 N–H and O–H groups in total. The lowest BCUT2D eigenvalue weighted by atomic mass is 10.2. The van der Waals surface area contributed by atoms with Crippen molar-refractivity contribution in [3.8, 4) is 0 Å². The Labute approximate surface area is 125 Å². The second-order valence-electron chi connectivity index (χ2n) is 5.38. The van der Waals surface area contributed by atoms with Crippen molar-refractivity contribution in [1.29, 1.82) is 0 Å². The zero-order valence-corrected chi connectivity index (χ0v) is 13.2. The Bertz CT molecular complexity index is 598. The molecule has 0 bridgehead atoms. The van der Waals surface area contributed by atoms with E-state index in [1.54, 1.807) is 0 Å². The Balaban J connectivity index is 2.17. The predicted octanol–water partition coefficient (Wildman–Crippen LogP) is 1.51. The molecule has 1 fully saturated rings. The molecule has 21 heavy (non-hydrogen) atoms. The van der Waals surface area contributed by atoms with Gasteiger partial charge >= 0.3 is 0 Å². The molecule has 7 heteroatoms. The Morgan fingerprint density at radius 3 is 2.48 bits per heavy atom. The molecule has 1 aliphatic heterocycles. The maximum atomic E-state index is 13.3. The van der Waals surface area contributed by atoms with Gasteiger partial charge in [-0.25, -0.2) is 12.8 Å². The summed E-state index contributed by atoms with van der Waals surface area (Å²) in [5, 5.41) is 0. The first-order valence-corrected chi connectivity index (χ1v) is 8.59. The van der Waals surface area contributed by atoms with Crippen LogP contribution in [0.25, 0.3) is 0 Å². The van der Waals surface area contributed by atoms with E-state index in [9.17, 15) is 12.8 Å². The minimum Gasteiger partial charge on any atom is -0.398 e. The van der Waals surface area contributed by atoms with Crippen LogP contribution in [-0.2, 0) is 10.0 Å². The normalized spacial score (nSPS) is 19.6. The molecule has 1 saturated heterocycles. The van der Waals surface area contributed by atoms with Crippen LogP contribution in [0.15, 0.2) is 23.1 Å². The first-order chi connectivity index (χ1) is 9.86. The van der Waals surface area contributed by atoms with E-state index >= 15 is 0 Å². The maximum absolute atomic E-state index is 13.3. The molecule has 1 atom stereocenters. The third kappa shape index (κ3) is 3.36. The highest BCUT2D eigenvalue weighted by Crippen LogP contribution is 2.24. The number of nitrogen functional groups attached to an aromatic ring is 1. The summed E-state index contributed by atoms with van der Waals surface area (Å²) < 4.78 is 39.8. The monoisotopic (exact) mass is 315 g/mol. The van der Waals surface area contributed by atoms with Gasteiger partial charge in [0.2, 0.25) is 10.0 Å². The van der Waals surface area contributed by atoms with Crippen molar-refractivity contribution in [3.05, 3.63) is 24.0 Å². The van der Waals surface area contributed by atoms with Gasteiger partial charge in [-0.1, -0.05) is 6.92 Å². The van der Waals surface area contributed by atoms with E-state index in [1.165, 1.54) is 10.4 Å². The van der Waals surface area contributed by atoms with Gasteiger partial charge in [-0.05, 0) is 31.5 Å². The molecule has 1 aromatic carbocycles. The SMILES string of the molecule is CCC(C)N1CCN(S(=O)(=O)c2cc(F)ccc2N)CC1. The van der Waals surface area contributed by atoms with Crippen LogP contribution in [0.1, 0.15) is 20.3 Å². The third-order valence-corrected chi connectivity index (χ3v) is 6.04. The summed E-state index contributed by atoms with van der Waals surface area (Å²) in [6.07, 6.45) is 1.03. The molecule has 1 aromatic rings. The average Bonchev–Trinajstić information content (AvgIpc) is 2.49. The van der Waals surface area contributed by atoms with Crippen LogP contribution in [0, 0.1) is 5.82 Å². The Morgan fingerprint density at radius 1 is 1.29 bits per heavy atom. The van der Waals surface area contributed by atoms with Crippen molar-refractivity contribution in [3.63, 3.8) is 0 Å². The van der Waals surface area contributed by atoms with Gasteiger partial charge in [-0.2, -0.15) is 4.31 Å². The first-order valence-electron chi connectivity index (χ1n) is 7.15. The van der Waals surface area contributed by atoms with Gasteiger partial charge in [-0.3, -0.25) is 4.90 Å². The summed E-state index contributed by atoms with van der Waals surface area (Å²) >= 11 is 0. The molecule has 1 heterocycles. The van der Waals surface area contributed by atoms with E-state index in [1.807, 2.05) is 0 Å². The van der Waals surface area contributed by atoms with Gasteiger partial charge in [0, 0.05) is 32.2 Å². The van der Waals surface area contributed by atoms with Gasteiger partial charge in [0.15, 0.2) is 0 Å². The number of piperazine rings is 1. The number of halogens is 1. The van der Waals surface area contributed by atoms with Gasteiger partial charge < -0.3 is 5.73 Å². The van der Waals surface area contributed by atoms with Crippen LogP contribution in [0.2, 0.25) is 0 Å². The van der Waals surface area contributed by atoms with Crippen LogP contribution < -0.4 is 5.73 Å². The summed E-state index contributed by atoms with van der Waals surface area (Å²) in [7, 11) is -3.73. The summed E-state index contributed by atoms with van der Waals surface area (Å²) in [6.45, 7) is 6.42. The lowest BCUT2D eigenvalue weighted by molar-refractivity contribution is 0.142. The Morgan fingerprint density at radius 2 is 1.90 bits per heavy atom. The van der Waals surface area contributed by atoms with Gasteiger partial charge in [0.05, 0.1) is 5.69 Å². The smallest absolute Gasteiger partial charge is 0.245 e. The summed E-state index contributed by atoms with van der Waals surface area (Å²) in [5.41, 5.74) is 5.78. The highest BCUT2D eigenvalue weighted by atomic mass is 32.2. The van der Waals surface area contributed by atoms with E-state index in [2.05, 4.69) is 18.7 Å². The van der Waals surface area contributed by atoms with E-state index in [4.69, 9.17) is 5.73 Å². The van der Waals surface area contributed by atoms with Crippen molar-refractivity contribution < 1.29 is 12.8 Å². The van der Waals surface area contributed by atoms with Crippen molar-refractivity contribution in [1.82, 2.24) is 9.21 Å². The lowest BCUT2D eigenvalue weighted by Crippen LogP contribution is -2.51.